The summed E-state index contributed by atoms with van der Waals surface area (Å²) in [5, 5.41) is 14.2. The van der Waals surface area contributed by atoms with Crippen LogP contribution in [0.3, 0.4) is 0 Å². The van der Waals surface area contributed by atoms with E-state index in [-0.39, 0.29) is 5.75 Å². The van der Waals surface area contributed by atoms with Crippen molar-refractivity contribution in [3.05, 3.63) is 58.6 Å². The minimum Gasteiger partial charge on any atom is -0.506 e. The molecule has 0 amide bonds. The maximum atomic E-state index is 9.77. The molecule has 0 aliphatic carbocycles. The Balaban J connectivity index is 2.15. The number of hydrogen-bond acceptors (Lipinski definition) is 3. The van der Waals surface area contributed by atoms with Crippen LogP contribution in [0, 0.1) is 6.92 Å². The Morgan fingerprint density at radius 1 is 1.22 bits per heavy atom. The summed E-state index contributed by atoms with van der Waals surface area (Å²) < 4.78 is 0. The topological polar surface area (TPSA) is 44.6 Å². The van der Waals surface area contributed by atoms with E-state index in [9.17, 15) is 5.11 Å². The molecule has 92 valence electrons. The van der Waals surface area contributed by atoms with Crippen molar-refractivity contribution in [2.75, 3.05) is 5.43 Å². The lowest BCUT2D eigenvalue weighted by Gasteiger charge is -2.03. The Labute approximate surface area is 111 Å². The van der Waals surface area contributed by atoms with Crippen molar-refractivity contribution in [3.63, 3.8) is 0 Å². The molecular formula is C14H13ClN2O. The molecule has 4 heteroatoms. The summed E-state index contributed by atoms with van der Waals surface area (Å²) >= 11 is 5.88. The number of nitrogens with one attached hydrogen (secondary N) is 1. The number of aryl methyl sites for hydroxylation is 1. The van der Waals surface area contributed by atoms with Crippen LogP contribution in [-0.4, -0.2) is 11.3 Å². The number of nitrogens with zero attached hydrogens (tertiary/aromatic N) is 1. The lowest BCUT2D eigenvalue weighted by Crippen LogP contribution is -1.91. The summed E-state index contributed by atoms with van der Waals surface area (Å²) in [4.78, 5) is 0. The number of hydrazone groups is 1. The molecule has 0 saturated carbocycles. The Morgan fingerprint density at radius 3 is 2.67 bits per heavy atom. The molecular weight excluding hydrogens is 248 g/mol. The second kappa shape index (κ2) is 5.56. The fraction of sp³-hybridized carbons (Fsp3) is 0.0714. The summed E-state index contributed by atoms with van der Waals surface area (Å²) in [5.41, 5.74) is 5.31. The van der Waals surface area contributed by atoms with Crippen LogP contribution < -0.4 is 5.43 Å². The van der Waals surface area contributed by atoms with Gasteiger partial charge < -0.3 is 5.11 Å². The fourth-order valence-corrected chi connectivity index (χ4v) is 1.83. The average Bonchev–Trinajstić information content (AvgIpc) is 2.36. The Morgan fingerprint density at radius 2 is 1.94 bits per heavy atom. The summed E-state index contributed by atoms with van der Waals surface area (Å²) in [6, 6.07) is 13.1. The third-order valence-electron chi connectivity index (χ3n) is 2.41. The van der Waals surface area contributed by atoms with Crippen LogP contribution in [0.2, 0.25) is 5.02 Å². The van der Waals surface area contributed by atoms with E-state index in [1.807, 2.05) is 43.3 Å². The molecule has 0 spiro atoms. The highest BCUT2D eigenvalue weighted by Gasteiger charge is 2.04. The SMILES string of the molecule is Cc1cc(Cl)c(O)c(/C=N/Nc2ccccc2)c1. The first-order valence-corrected chi connectivity index (χ1v) is 5.88. The molecule has 2 N–H and O–H groups in total. The number of benzene rings is 2. The highest BCUT2D eigenvalue weighted by atomic mass is 35.5. The van der Waals surface area contributed by atoms with E-state index < -0.39 is 0 Å². The van der Waals surface area contributed by atoms with Gasteiger partial charge in [0.1, 0.15) is 5.75 Å². The van der Waals surface area contributed by atoms with Crippen LogP contribution in [0.5, 0.6) is 5.75 Å². The number of anilines is 1. The smallest absolute Gasteiger partial charge is 0.143 e. The normalized spacial score (nSPS) is 10.8. The zero-order valence-electron chi connectivity index (χ0n) is 9.89. The number of halogens is 1. The van der Waals surface area contributed by atoms with Gasteiger partial charge in [0.15, 0.2) is 0 Å². The maximum absolute atomic E-state index is 9.77. The van der Waals surface area contributed by atoms with Gasteiger partial charge in [-0.15, -0.1) is 0 Å². The van der Waals surface area contributed by atoms with Crippen molar-refractivity contribution >= 4 is 23.5 Å². The van der Waals surface area contributed by atoms with Gasteiger partial charge in [0.2, 0.25) is 0 Å². The minimum atomic E-state index is 0.0425. The molecule has 0 atom stereocenters. The van der Waals surface area contributed by atoms with Crippen LogP contribution >= 0.6 is 11.6 Å². The number of hydrogen-bond donors (Lipinski definition) is 2. The van der Waals surface area contributed by atoms with Gasteiger partial charge in [0.25, 0.3) is 0 Å². The number of para-hydroxylation sites is 1. The fourth-order valence-electron chi connectivity index (χ4n) is 1.55. The molecule has 3 nitrogen and oxygen atoms in total. The second-order valence-corrected chi connectivity index (χ2v) is 4.33. The van der Waals surface area contributed by atoms with Gasteiger partial charge in [-0.2, -0.15) is 5.10 Å². The van der Waals surface area contributed by atoms with Gasteiger partial charge in [-0.25, -0.2) is 0 Å². The van der Waals surface area contributed by atoms with Crippen molar-refractivity contribution < 1.29 is 5.11 Å². The highest BCUT2D eigenvalue weighted by molar-refractivity contribution is 6.32. The summed E-state index contributed by atoms with van der Waals surface area (Å²) in [7, 11) is 0. The lowest BCUT2D eigenvalue weighted by atomic mass is 10.1. The van der Waals surface area contributed by atoms with Gasteiger partial charge in [0.05, 0.1) is 16.9 Å². The largest absolute Gasteiger partial charge is 0.506 e. The average molecular weight is 261 g/mol. The molecule has 0 unspecified atom stereocenters. The third-order valence-corrected chi connectivity index (χ3v) is 2.70. The summed E-state index contributed by atoms with van der Waals surface area (Å²) in [5.74, 6) is 0.0425. The monoisotopic (exact) mass is 260 g/mol. The van der Waals surface area contributed by atoms with Crippen LogP contribution in [0.1, 0.15) is 11.1 Å². The van der Waals surface area contributed by atoms with Gasteiger partial charge in [0, 0.05) is 5.56 Å². The number of rotatable bonds is 3. The summed E-state index contributed by atoms with van der Waals surface area (Å²) in [6.07, 6.45) is 1.54. The van der Waals surface area contributed by atoms with Crippen molar-refractivity contribution in [1.82, 2.24) is 0 Å². The molecule has 2 aromatic carbocycles. The first-order chi connectivity index (χ1) is 8.66. The standard InChI is InChI=1S/C14H13ClN2O/c1-10-7-11(14(18)13(15)8-10)9-16-17-12-5-3-2-4-6-12/h2-9,17-18H,1H3/b16-9+. The summed E-state index contributed by atoms with van der Waals surface area (Å²) in [6.45, 7) is 1.91. The van der Waals surface area contributed by atoms with Crippen molar-refractivity contribution in [2.45, 2.75) is 6.92 Å². The third kappa shape index (κ3) is 3.02. The first kappa shape index (κ1) is 12.5. The molecule has 2 aromatic rings. The molecule has 0 aliphatic heterocycles. The second-order valence-electron chi connectivity index (χ2n) is 3.92. The molecule has 0 aliphatic rings. The molecule has 0 bridgehead atoms. The Kier molecular flexibility index (Phi) is 3.85. The molecule has 0 saturated heterocycles. The number of aromatic hydroxyl groups is 1. The minimum absolute atomic E-state index is 0.0425. The van der Waals surface area contributed by atoms with E-state index in [0.29, 0.717) is 10.6 Å². The van der Waals surface area contributed by atoms with Gasteiger partial charge in [-0.1, -0.05) is 29.8 Å². The van der Waals surface area contributed by atoms with Crippen LogP contribution in [0.15, 0.2) is 47.6 Å². The highest BCUT2D eigenvalue weighted by Crippen LogP contribution is 2.27. The number of phenolic OH excluding ortho intramolecular Hbond substituents is 1. The zero-order chi connectivity index (χ0) is 13.0. The maximum Gasteiger partial charge on any atom is 0.143 e. The molecule has 0 heterocycles. The Hall–Kier alpha value is -2.00. The Bertz CT molecular complexity index is 568. The van der Waals surface area contributed by atoms with E-state index >= 15 is 0 Å². The van der Waals surface area contributed by atoms with Crippen LogP contribution in [-0.2, 0) is 0 Å². The number of phenols is 1. The van der Waals surface area contributed by atoms with Gasteiger partial charge in [-0.3, -0.25) is 5.43 Å². The zero-order valence-corrected chi connectivity index (χ0v) is 10.6. The molecule has 0 radical (unpaired) electrons. The van der Waals surface area contributed by atoms with Crippen molar-refractivity contribution in [1.29, 1.82) is 0 Å². The predicted octanol–water partition coefficient (Wildman–Crippen LogP) is 3.80. The van der Waals surface area contributed by atoms with Gasteiger partial charge in [-0.05, 0) is 36.8 Å². The van der Waals surface area contributed by atoms with E-state index in [1.165, 1.54) is 0 Å². The van der Waals surface area contributed by atoms with Crippen LogP contribution in [0.25, 0.3) is 0 Å². The lowest BCUT2D eigenvalue weighted by molar-refractivity contribution is 0.474. The van der Waals surface area contributed by atoms with E-state index in [1.54, 1.807) is 12.3 Å². The van der Waals surface area contributed by atoms with Crippen LogP contribution in [0.4, 0.5) is 5.69 Å². The predicted molar refractivity (Wildman–Crippen MR) is 75.5 cm³/mol. The quantitative estimate of drug-likeness (QED) is 0.651. The molecule has 2 rings (SSSR count). The van der Waals surface area contributed by atoms with E-state index in [0.717, 1.165) is 11.3 Å². The molecule has 0 aromatic heterocycles. The van der Waals surface area contributed by atoms with Gasteiger partial charge >= 0.3 is 0 Å². The molecule has 18 heavy (non-hydrogen) atoms. The van der Waals surface area contributed by atoms with Crippen molar-refractivity contribution in [2.24, 2.45) is 5.10 Å². The molecule has 0 fully saturated rings. The van der Waals surface area contributed by atoms with Crippen molar-refractivity contribution in [3.8, 4) is 5.75 Å². The van der Waals surface area contributed by atoms with E-state index in [4.69, 9.17) is 11.6 Å². The first-order valence-electron chi connectivity index (χ1n) is 5.50. The van der Waals surface area contributed by atoms with E-state index in [2.05, 4.69) is 10.5 Å².